The maximum Gasteiger partial charge on any atom is 0.238 e. The van der Waals surface area contributed by atoms with Crippen LogP contribution in [-0.2, 0) is 0 Å². The van der Waals surface area contributed by atoms with Crippen LogP contribution in [0.5, 0.6) is 0 Å². The third-order valence-electron chi connectivity index (χ3n) is 13.0. The van der Waals surface area contributed by atoms with Crippen molar-refractivity contribution in [3.8, 4) is 79.2 Å². The van der Waals surface area contributed by atoms with Crippen LogP contribution in [0.4, 0.5) is 0 Å². The van der Waals surface area contributed by atoms with Crippen molar-refractivity contribution in [2.45, 2.75) is 0 Å². The third kappa shape index (κ3) is 6.74. The van der Waals surface area contributed by atoms with E-state index in [-0.39, 0.29) is 0 Å². The van der Waals surface area contributed by atoms with Crippen LogP contribution in [0.1, 0.15) is 0 Å². The highest BCUT2D eigenvalue weighted by Crippen LogP contribution is 2.42. The van der Waals surface area contributed by atoms with Gasteiger partial charge in [0, 0.05) is 49.5 Å². The zero-order valence-corrected chi connectivity index (χ0v) is 36.8. The van der Waals surface area contributed by atoms with Gasteiger partial charge in [0.15, 0.2) is 11.6 Å². The Morgan fingerprint density at radius 1 is 0.250 bits per heavy atom. The fourth-order valence-corrected chi connectivity index (χ4v) is 9.76. The highest BCUT2D eigenvalue weighted by Gasteiger charge is 2.24. The summed E-state index contributed by atoms with van der Waals surface area (Å²) >= 11 is 0. The molecule has 318 valence electrons. The number of aromatic nitrogens is 6. The summed E-state index contributed by atoms with van der Waals surface area (Å²) in [6, 6.07) is 85.1. The van der Waals surface area contributed by atoms with Gasteiger partial charge in [0.25, 0.3) is 0 Å². The van der Waals surface area contributed by atoms with E-state index in [0.29, 0.717) is 17.6 Å². The zero-order chi connectivity index (χ0) is 45.0. The van der Waals surface area contributed by atoms with E-state index in [1.165, 1.54) is 0 Å². The molecular formula is C62H40N6. The molecule has 13 rings (SSSR count). The molecular weight excluding hydrogens is 829 g/mol. The molecule has 0 atom stereocenters. The van der Waals surface area contributed by atoms with E-state index in [1.807, 2.05) is 36.4 Å². The van der Waals surface area contributed by atoms with Crippen molar-refractivity contribution in [3.05, 3.63) is 243 Å². The Balaban J connectivity index is 1.06. The van der Waals surface area contributed by atoms with Crippen LogP contribution < -0.4 is 0 Å². The number of pyridine rings is 1. The van der Waals surface area contributed by atoms with Crippen molar-refractivity contribution in [2.75, 3.05) is 0 Å². The molecule has 6 nitrogen and oxygen atoms in total. The van der Waals surface area contributed by atoms with E-state index >= 15 is 0 Å². The van der Waals surface area contributed by atoms with Crippen LogP contribution in [0.25, 0.3) is 123 Å². The predicted octanol–water partition coefficient (Wildman–Crippen LogP) is 15.5. The number of rotatable bonds is 8. The molecule has 0 saturated heterocycles. The molecule has 0 aliphatic carbocycles. The van der Waals surface area contributed by atoms with Crippen molar-refractivity contribution in [1.82, 2.24) is 29.1 Å². The van der Waals surface area contributed by atoms with Gasteiger partial charge in [-0.2, -0.15) is 9.97 Å². The quantitative estimate of drug-likeness (QED) is 0.153. The van der Waals surface area contributed by atoms with Gasteiger partial charge in [0.2, 0.25) is 5.95 Å². The molecule has 0 bridgehead atoms. The summed E-state index contributed by atoms with van der Waals surface area (Å²) < 4.78 is 4.68. The number of hydrogen-bond acceptors (Lipinski definition) is 4. The van der Waals surface area contributed by atoms with Gasteiger partial charge in [-0.1, -0.05) is 206 Å². The Labute approximate surface area is 392 Å². The summed E-state index contributed by atoms with van der Waals surface area (Å²) in [6.07, 6.45) is 0. The zero-order valence-electron chi connectivity index (χ0n) is 36.8. The van der Waals surface area contributed by atoms with Crippen molar-refractivity contribution in [2.24, 2.45) is 0 Å². The van der Waals surface area contributed by atoms with Crippen LogP contribution in [0.15, 0.2) is 243 Å². The average Bonchev–Trinajstić information content (AvgIpc) is 3.95. The van der Waals surface area contributed by atoms with E-state index in [0.717, 1.165) is 105 Å². The Kier molecular flexibility index (Phi) is 9.39. The van der Waals surface area contributed by atoms with E-state index in [2.05, 4.69) is 215 Å². The van der Waals surface area contributed by atoms with Gasteiger partial charge in [-0.25, -0.2) is 9.97 Å². The van der Waals surface area contributed by atoms with Crippen molar-refractivity contribution in [3.63, 3.8) is 0 Å². The molecule has 0 aliphatic rings. The molecule has 4 aromatic heterocycles. The second-order valence-corrected chi connectivity index (χ2v) is 17.1. The van der Waals surface area contributed by atoms with Gasteiger partial charge in [0.05, 0.1) is 33.5 Å². The molecule has 0 N–H and O–H groups in total. The standard InChI is InChI=1S/C62H40N6/c1-5-18-41(19-6-1)42-32-34-46(35-33-42)61-64-60(45-24-11-4-12-25-45)65-62(66-61)68-57-31-16-14-29-51(57)53-37-36-52-50-28-13-15-30-56(50)67(58(52)59(53)68)49-27-17-26-47(38-49)48-39-54(43-20-7-2-8-21-43)63-55(40-48)44-22-9-3-10-23-44/h1-40H. The Morgan fingerprint density at radius 3 is 1.25 bits per heavy atom. The minimum absolute atomic E-state index is 0.545. The monoisotopic (exact) mass is 868 g/mol. The Hall–Kier alpha value is -9.26. The van der Waals surface area contributed by atoms with Crippen molar-refractivity contribution in [1.29, 1.82) is 0 Å². The lowest BCUT2D eigenvalue weighted by Crippen LogP contribution is -2.07. The van der Waals surface area contributed by atoms with Gasteiger partial charge in [-0.05, 0) is 58.7 Å². The maximum absolute atomic E-state index is 5.38. The number of benzene rings is 9. The van der Waals surface area contributed by atoms with Crippen LogP contribution >= 0.6 is 0 Å². The van der Waals surface area contributed by atoms with Crippen LogP contribution in [-0.4, -0.2) is 29.1 Å². The van der Waals surface area contributed by atoms with Crippen molar-refractivity contribution >= 4 is 43.6 Å². The molecule has 4 heterocycles. The smallest absolute Gasteiger partial charge is 0.238 e. The van der Waals surface area contributed by atoms with Gasteiger partial charge in [-0.3, -0.25) is 4.57 Å². The number of fused-ring (bicyclic) bond motifs is 7. The fraction of sp³-hybridized carbons (Fsp3) is 0. The molecule has 0 unspecified atom stereocenters. The molecule has 13 aromatic rings. The van der Waals surface area contributed by atoms with Gasteiger partial charge < -0.3 is 4.57 Å². The predicted molar refractivity (Wildman–Crippen MR) is 279 cm³/mol. The highest BCUT2D eigenvalue weighted by molar-refractivity contribution is 6.23. The van der Waals surface area contributed by atoms with Gasteiger partial charge in [0.1, 0.15) is 0 Å². The highest BCUT2D eigenvalue weighted by atomic mass is 15.2. The molecule has 0 spiro atoms. The third-order valence-corrected chi connectivity index (χ3v) is 13.0. The Bertz CT molecular complexity index is 3930. The second-order valence-electron chi connectivity index (χ2n) is 17.1. The summed E-state index contributed by atoms with van der Waals surface area (Å²) in [5.74, 6) is 1.75. The first-order chi connectivity index (χ1) is 33.7. The summed E-state index contributed by atoms with van der Waals surface area (Å²) in [5.41, 5.74) is 15.5. The summed E-state index contributed by atoms with van der Waals surface area (Å²) in [7, 11) is 0. The lowest BCUT2D eigenvalue weighted by atomic mass is 9.99. The first kappa shape index (κ1) is 39.1. The molecule has 6 heteroatoms. The molecule has 0 amide bonds. The fourth-order valence-electron chi connectivity index (χ4n) is 9.76. The number of hydrogen-bond donors (Lipinski definition) is 0. The lowest BCUT2D eigenvalue weighted by molar-refractivity contribution is 0.953. The first-order valence-corrected chi connectivity index (χ1v) is 22.9. The topological polar surface area (TPSA) is 61.4 Å². The second kappa shape index (κ2) is 16.3. The van der Waals surface area contributed by atoms with Crippen molar-refractivity contribution < 1.29 is 0 Å². The molecule has 0 aliphatic heterocycles. The lowest BCUT2D eigenvalue weighted by Gasteiger charge is -2.15. The normalized spacial score (nSPS) is 11.5. The van der Waals surface area contributed by atoms with Crippen LogP contribution in [0.3, 0.4) is 0 Å². The van der Waals surface area contributed by atoms with Gasteiger partial charge >= 0.3 is 0 Å². The van der Waals surface area contributed by atoms with Crippen LogP contribution in [0.2, 0.25) is 0 Å². The molecule has 9 aromatic carbocycles. The molecule has 0 fully saturated rings. The average molecular weight is 869 g/mol. The summed E-state index contributed by atoms with van der Waals surface area (Å²) in [5, 5.41) is 4.52. The molecule has 0 radical (unpaired) electrons. The number of nitrogens with zero attached hydrogens (tertiary/aromatic N) is 6. The largest absolute Gasteiger partial charge is 0.307 e. The number of para-hydroxylation sites is 2. The SMILES string of the molecule is c1ccc(-c2ccc(-c3nc(-c4ccccc4)nc(-n4c5ccccc5c5ccc6c7ccccc7n(-c7cccc(-c8cc(-c9ccccc9)nc(-c9ccccc9)c8)c7)c6c54)n3)cc2)cc1. The minimum atomic E-state index is 0.545. The maximum atomic E-state index is 5.38. The molecule has 0 saturated carbocycles. The minimum Gasteiger partial charge on any atom is -0.307 e. The summed E-state index contributed by atoms with van der Waals surface area (Å²) in [4.78, 5) is 21.1. The van der Waals surface area contributed by atoms with E-state index in [1.54, 1.807) is 0 Å². The van der Waals surface area contributed by atoms with E-state index in [4.69, 9.17) is 19.9 Å². The Morgan fingerprint density at radius 2 is 0.676 bits per heavy atom. The van der Waals surface area contributed by atoms with Crippen LogP contribution in [0, 0.1) is 0 Å². The van der Waals surface area contributed by atoms with E-state index in [9.17, 15) is 0 Å². The van der Waals surface area contributed by atoms with Gasteiger partial charge in [-0.15, -0.1) is 0 Å². The first-order valence-electron chi connectivity index (χ1n) is 22.9. The summed E-state index contributed by atoms with van der Waals surface area (Å²) in [6.45, 7) is 0. The van der Waals surface area contributed by atoms with E-state index < -0.39 is 0 Å². The molecule has 68 heavy (non-hydrogen) atoms.